The molecule has 7 nitrogen and oxygen atoms in total. The summed E-state index contributed by atoms with van der Waals surface area (Å²) in [4.78, 5) is 32.5. The Balaban J connectivity index is 1.45. The highest BCUT2D eigenvalue weighted by atomic mass is 16.5. The molecule has 1 saturated heterocycles. The fourth-order valence-electron chi connectivity index (χ4n) is 3.78. The minimum atomic E-state index is -0.108. The highest BCUT2D eigenvalue weighted by molar-refractivity contribution is 5.92. The second-order valence-corrected chi connectivity index (χ2v) is 7.61. The van der Waals surface area contributed by atoms with E-state index in [0.29, 0.717) is 11.6 Å². The smallest absolute Gasteiger partial charge is 0.225 e. The molecule has 5 rings (SSSR count). The van der Waals surface area contributed by atoms with Crippen LogP contribution in [0.2, 0.25) is 0 Å². The molecule has 0 saturated carbocycles. The van der Waals surface area contributed by atoms with Gasteiger partial charge in [0.05, 0.1) is 30.2 Å². The summed E-state index contributed by atoms with van der Waals surface area (Å²) in [5.74, 6) is 1.51. The molecule has 7 heteroatoms. The molecule has 1 fully saturated rings. The van der Waals surface area contributed by atoms with Crippen molar-refractivity contribution in [2.24, 2.45) is 0 Å². The Hall–Kier alpha value is -3.87. The van der Waals surface area contributed by atoms with Crippen molar-refractivity contribution >= 4 is 22.6 Å². The van der Waals surface area contributed by atoms with Crippen LogP contribution in [0.25, 0.3) is 22.2 Å². The quantitative estimate of drug-likeness (QED) is 0.461. The number of nitrogens with zero attached hydrogens (tertiary/aromatic N) is 5. The molecular formula is C24H21N5O2. The van der Waals surface area contributed by atoms with Crippen LogP contribution in [0.4, 0.5) is 5.95 Å². The van der Waals surface area contributed by atoms with E-state index < -0.39 is 0 Å². The molecule has 3 heterocycles. The van der Waals surface area contributed by atoms with Gasteiger partial charge < -0.3 is 9.64 Å². The van der Waals surface area contributed by atoms with E-state index in [0.717, 1.165) is 46.7 Å². The third-order valence-corrected chi connectivity index (χ3v) is 5.53. The van der Waals surface area contributed by atoms with Gasteiger partial charge in [0.2, 0.25) is 5.95 Å². The number of carbonyl (C=O) groups excluding carboxylic acids is 1. The Morgan fingerprint density at radius 3 is 2.68 bits per heavy atom. The van der Waals surface area contributed by atoms with Crippen LogP contribution in [-0.2, 0) is 0 Å². The third-order valence-electron chi connectivity index (χ3n) is 5.53. The lowest BCUT2D eigenvalue weighted by Gasteiger charge is -2.39. The van der Waals surface area contributed by atoms with Gasteiger partial charge in [0.25, 0.3) is 0 Å². The van der Waals surface area contributed by atoms with Crippen LogP contribution in [0.5, 0.6) is 5.75 Å². The molecule has 0 atom stereocenters. The number of ketones is 1. The fourth-order valence-corrected chi connectivity index (χ4v) is 3.78. The zero-order chi connectivity index (χ0) is 21.4. The van der Waals surface area contributed by atoms with Gasteiger partial charge in [-0.25, -0.2) is 15.0 Å². The van der Waals surface area contributed by atoms with Crippen LogP contribution in [0.1, 0.15) is 29.0 Å². The zero-order valence-electron chi connectivity index (χ0n) is 17.3. The number of rotatable bonds is 5. The molecule has 2 aromatic heterocycles. The molecule has 2 aromatic carbocycles. The Bertz CT molecular complexity index is 1280. The van der Waals surface area contributed by atoms with Crippen molar-refractivity contribution in [2.45, 2.75) is 12.8 Å². The molecule has 0 aliphatic carbocycles. The van der Waals surface area contributed by atoms with Crippen LogP contribution >= 0.6 is 0 Å². The van der Waals surface area contributed by atoms with E-state index in [2.05, 4.69) is 24.8 Å². The maximum Gasteiger partial charge on any atom is 0.225 e. The van der Waals surface area contributed by atoms with Crippen LogP contribution < -0.4 is 9.64 Å². The molecule has 1 aliphatic heterocycles. The SMILES string of the molecule is COc1cccc(-c2nc(C(C)=O)cnc2C2CN(c3ncc4ccccc4n3)C2)c1. The lowest BCUT2D eigenvalue weighted by atomic mass is 9.92. The van der Waals surface area contributed by atoms with E-state index in [4.69, 9.17) is 4.74 Å². The van der Waals surface area contributed by atoms with Crippen molar-refractivity contribution in [3.63, 3.8) is 0 Å². The van der Waals surface area contributed by atoms with Gasteiger partial charge in [0, 0.05) is 43.1 Å². The summed E-state index contributed by atoms with van der Waals surface area (Å²) in [7, 11) is 1.63. The summed E-state index contributed by atoms with van der Waals surface area (Å²) in [6.07, 6.45) is 3.42. The third kappa shape index (κ3) is 3.59. The highest BCUT2D eigenvalue weighted by Crippen LogP contribution is 2.35. The van der Waals surface area contributed by atoms with Gasteiger partial charge in [-0.05, 0) is 18.2 Å². The van der Waals surface area contributed by atoms with Gasteiger partial charge in [0.15, 0.2) is 5.78 Å². The van der Waals surface area contributed by atoms with Crippen LogP contribution in [-0.4, -0.2) is 45.9 Å². The second kappa shape index (κ2) is 7.75. The average Bonchev–Trinajstić information content (AvgIpc) is 2.78. The monoisotopic (exact) mass is 411 g/mol. The molecule has 1 aliphatic rings. The maximum atomic E-state index is 11.9. The summed E-state index contributed by atoms with van der Waals surface area (Å²) in [5.41, 5.74) is 3.76. The van der Waals surface area contributed by atoms with Gasteiger partial charge in [0.1, 0.15) is 11.4 Å². The molecule has 0 unspecified atom stereocenters. The molecule has 0 N–H and O–H groups in total. The van der Waals surface area contributed by atoms with Crippen molar-refractivity contribution in [3.05, 3.63) is 72.3 Å². The van der Waals surface area contributed by atoms with Gasteiger partial charge in [-0.15, -0.1) is 0 Å². The predicted octanol–water partition coefficient (Wildman–Crippen LogP) is 3.90. The van der Waals surface area contributed by atoms with E-state index >= 15 is 0 Å². The highest BCUT2D eigenvalue weighted by Gasteiger charge is 2.33. The molecule has 4 aromatic rings. The first-order valence-corrected chi connectivity index (χ1v) is 10.1. The van der Waals surface area contributed by atoms with Crippen LogP contribution in [0.15, 0.2) is 60.9 Å². The van der Waals surface area contributed by atoms with E-state index in [1.165, 1.54) is 6.92 Å². The summed E-state index contributed by atoms with van der Waals surface area (Å²) >= 11 is 0. The van der Waals surface area contributed by atoms with Crippen molar-refractivity contribution in [3.8, 4) is 17.0 Å². The minimum Gasteiger partial charge on any atom is -0.497 e. The first kappa shape index (κ1) is 19.1. The van der Waals surface area contributed by atoms with Crippen LogP contribution in [0, 0.1) is 0 Å². The fraction of sp³-hybridized carbons (Fsp3) is 0.208. The Morgan fingerprint density at radius 2 is 1.87 bits per heavy atom. The lowest BCUT2D eigenvalue weighted by molar-refractivity contribution is 0.101. The van der Waals surface area contributed by atoms with Gasteiger partial charge in [-0.2, -0.15) is 0 Å². The molecule has 31 heavy (non-hydrogen) atoms. The minimum absolute atomic E-state index is 0.108. The lowest BCUT2D eigenvalue weighted by Crippen LogP contribution is -2.46. The number of carbonyl (C=O) groups is 1. The molecule has 0 amide bonds. The number of hydrogen-bond donors (Lipinski definition) is 0. The molecule has 0 bridgehead atoms. The largest absolute Gasteiger partial charge is 0.497 e. The predicted molar refractivity (Wildman–Crippen MR) is 119 cm³/mol. The van der Waals surface area contributed by atoms with E-state index in [9.17, 15) is 4.79 Å². The number of aromatic nitrogens is 4. The number of Topliss-reactive ketones (excluding diaryl/α,β-unsaturated/α-hetero) is 1. The first-order chi connectivity index (χ1) is 15.1. The number of ether oxygens (including phenoxy) is 1. The molecule has 0 radical (unpaired) electrons. The Labute approximate surface area is 179 Å². The number of hydrogen-bond acceptors (Lipinski definition) is 7. The summed E-state index contributed by atoms with van der Waals surface area (Å²) in [6, 6.07) is 15.6. The zero-order valence-corrected chi connectivity index (χ0v) is 17.3. The topological polar surface area (TPSA) is 81.1 Å². The van der Waals surface area contributed by atoms with Crippen molar-refractivity contribution in [1.82, 2.24) is 19.9 Å². The van der Waals surface area contributed by atoms with Gasteiger partial charge >= 0.3 is 0 Å². The van der Waals surface area contributed by atoms with Gasteiger partial charge in [-0.1, -0.05) is 30.3 Å². The van der Waals surface area contributed by atoms with Crippen LogP contribution in [0.3, 0.4) is 0 Å². The standard InChI is InChI=1S/C24H21N5O2/c1-15(30)21-12-25-22(23(27-21)16-7-5-8-19(10-16)31-2)18-13-29(14-18)24-26-11-17-6-3-4-9-20(17)28-24/h3-12,18H,13-14H2,1-2H3. The number of para-hydroxylation sites is 1. The molecule has 0 spiro atoms. The molecular weight excluding hydrogens is 390 g/mol. The normalized spacial score (nSPS) is 13.8. The summed E-state index contributed by atoms with van der Waals surface area (Å²) < 4.78 is 5.36. The Morgan fingerprint density at radius 1 is 1.03 bits per heavy atom. The van der Waals surface area contributed by atoms with Crippen molar-refractivity contribution in [2.75, 3.05) is 25.1 Å². The number of benzene rings is 2. The number of anilines is 1. The summed E-state index contributed by atoms with van der Waals surface area (Å²) in [5, 5.41) is 1.02. The first-order valence-electron chi connectivity index (χ1n) is 10.1. The second-order valence-electron chi connectivity index (χ2n) is 7.61. The van der Waals surface area contributed by atoms with E-state index in [1.807, 2.05) is 54.7 Å². The van der Waals surface area contributed by atoms with Crippen molar-refractivity contribution < 1.29 is 9.53 Å². The van der Waals surface area contributed by atoms with E-state index in [-0.39, 0.29) is 11.7 Å². The maximum absolute atomic E-state index is 11.9. The average molecular weight is 411 g/mol. The number of fused-ring (bicyclic) bond motifs is 1. The molecule has 154 valence electrons. The summed E-state index contributed by atoms with van der Waals surface area (Å²) in [6.45, 7) is 2.98. The number of methoxy groups -OCH3 is 1. The van der Waals surface area contributed by atoms with Gasteiger partial charge in [-0.3, -0.25) is 9.78 Å². The van der Waals surface area contributed by atoms with E-state index in [1.54, 1.807) is 13.3 Å². The van der Waals surface area contributed by atoms with Crippen molar-refractivity contribution in [1.29, 1.82) is 0 Å². The Kier molecular flexibility index (Phi) is 4.78.